The number of aryl methyl sites for hydroxylation is 1. The fourth-order valence-corrected chi connectivity index (χ4v) is 5.50. The Morgan fingerprint density at radius 3 is 2.53 bits per heavy atom. The number of fused-ring (bicyclic) bond motifs is 1. The van der Waals surface area contributed by atoms with Gasteiger partial charge in [0.1, 0.15) is 0 Å². The van der Waals surface area contributed by atoms with E-state index in [0.717, 1.165) is 36.5 Å². The van der Waals surface area contributed by atoms with Gasteiger partial charge in [-0.1, -0.05) is 0 Å². The third-order valence-corrected chi connectivity index (χ3v) is 7.10. The molecule has 0 aromatic carbocycles. The summed E-state index contributed by atoms with van der Waals surface area (Å²) in [6.07, 6.45) is 10.1. The fourth-order valence-electron chi connectivity index (χ4n) is 5.50. The molecule has 0 amide bonds. The van der Waals surface area contributed by atoms with Crippen molar-refractivity contribution in [3.05, 3.63) is 41.1 Å². The molecule has 30 heavy (non-hydrogen) atoms. The number of likely N-dealkylation sites (tertiary alicyclic amines) is 1. The highest BCUT2D eigenvalue weighted by molar-refractivity contribution is 5.60. The number of pyridine rings is 1. The van der Waals surface area contributed by atoms with Crippen LogP contribution in [0.2, 0.25) is 0 Å². The lowest BCUT2D eigenvalue weighted by Crippen LogP contribution is -2.32. The van der Waals surface area contributed by atoms with E-state index in [9.17, 15) is 4.79 Å². The minimum atomic E-state index is -0.0317. The van der Waals surface area contributed by atoms with Crippen molar-refractivity contribution in [3.8, 4) is 11.1 Å². The molecule has 1 saturated carbocycles. The van der Waals surface area contributed by atoms with Gasteiger partial charge in [-0.05, 0) is 55.6 Å². The van der Waals surface area contributed by atoms with Gasteiger partial charge in [0.15, 0.2) is 0 Å². The second-order valence-electron chi connectivity index (χ2n) is 9.24. The summed E-state index contributed by atoms with van der Waals surface area (Å²) in [5, 5.41) is 3.53. The van der Waals surface area contributed by atoms with E-state index in [1.54, 1.807) is 30.2 Å². The van der Waals surface area contributed by atoms with Gasteiger partial charge in [0.05, 0.1) is 5.56 Å². The zero-order valence-electron chi connectivity index (χ0n) is 17.7. The van der Waals surface area contributed by atoms with Crippen molar-refractivity contribution in [1.82, 2.24) is 19.4 Å². The van der Waals surface area contributed by atoms with Gasteiger partial charge in [0, 0.05) is 70.1 Å². The number of aromatic nitrogens is 3. The molecule has 3 aliphatic rings. The molecule has 0 bridgehead atoms. The number of nitrogens with one attached hydrogen (secondary N) is 1. The minimum absolute atomic E-state index is 0.0317. The van der Waals surface area contributed by atoms with E-state index in [1.807, 2.05) is 12.1 Å². The quantitative estimate of drug-likeness (QED) is 0.818. The number of rotatable bonds is 5. The van der Waals surface area contributed by atoms with Gasteiger partial charge in [-0.2, -0.15) is 0 Å². The highest BCUT2D eigenvalue weighted by atomic mass is 16.5. The molecule has 2 saturated heterocycles. The van der Waals surface area contributed by atoms with Gasteiger partial charge in [-0.25, -0.2) is 9.97 Å². The topological polar surface area (TPSA) is 72.3 Å². The Morgan fingerprint density at radius 1 is 1.13 bits per heavy atom. The van der Waals surface area contributed by atoms with E-state index in [2.05, 4.69) is 20.2 Å². The third kappa shape index (κ3) is 4.14. The molecule has 3 atom stereocenters. The van der Waals surface area contributed by atoms with Crippen molar-refractivity contribution < 1.29 is 4.74 Å². The zero-order valence-corrected chi connectivity index (χ0v) is 17.7. The Morgan fingerprint density at radius 2 is 1.83 bits per heavy atom. The van der Waals surface area contributed by atoms with Gasteiger partial charge >= 0.3 is 0 Å². The number of nitrogens with zero attached hydrogens (tertiary/aromatic N) is 4. The van der Waals surface area contributed by atoms with E-state index in [1.165, 1.54) is 45.3 Å². The molecule has 7 heteroatoms. The highest BCUT2D eigenvalue weighted by Gasteiger charge is 2.41. The van der Waals surface area contributed by atoms with Crippen molar-refractivity contribution in [1.29, 1.82) is 0 Å². The average molecular weight is 410 g/mol. The smallest absolute Gasteiger partial charge is 0.258 e. The van der Waals surface area contributed by atoms with Crippen LogP contribution in [0.1, 0.15) is 25.7 Å². The molecule has 2 aromatic rings. The second-order valence-corrected chi connectivity index (χ2v) is 9.24. The number of hydrogen-bond acceptors (Lipinski definition) is 6. The summed E-state index contributed by atoms with van der Waals surface area (Å²) >= 11 is 0. The Balaban J connectivity index is 1.15. The second kappa shape index (κ2) is 8.47. The van der Waals surface area contributed by atoms with Gasteiger partial charge in [0.2, 0.25) is 5.95 Å². The van der Waals surface area contributed by atoms with Gasteiger partial charge < -0.3 is 19.5 Å². The lowest BCUT2D eigenvalue weighted by Gasteiger charge is -2.27. The van der Waals surface area contributed by atoms with E-state index < -0.39 is 0 Å². The first kappa shape index (κ1) is 19.7. The van der Waals surface area contributed by atoms with Crippen LogP contribution in [0.15, 0.2) is 35.5 Å². The Hall–Kier alpha value is -2.25. The molecular formula is C23H31N5O2. The molecule has 2 aliphatic heterocycles. The monoisotopic (exact) mass is 409 g/mol. The van der Waals surface area contributed by atoms with E-state index >= 15 is 0 Å². The molecular weight excluding hydrogens is 378 g/mol. The Labute approximate surface area is 177 Å². The predicted molar refractivity (Wildman–Crippen MR) is 116 cm³/mol. The van der Waals surface area contributed by atoms with Crippen LogP contribution in [-0.4, -0.2) is 58.3 Å². The molecule has 1 unspecified atom stereocenters. The van der Waals surface area contributed by atoms with Crippen molar-refractivity contribution in [2.75, 3.05) is 38.2 Å². The number of hydrogen-bond donors (Lipinski definition) is 1. The normalized spacial score (nSPS) is 27.3. The first-order valence-electron chi connectivity index (χ1n) is 11.2. The summed E-state index contributed by atoms with van der Waals surface area (Å²) in [6.45, 7) is 5.59. The van der Waals surface area contributed by atoms with Crippen LogP contribution in [-0.2, 0) is 11.8 Å². The summed E-state index contributed by atoms with van der Waals surface area (Å²) in [6, 6.07) is 4.13. The molecule has 4 heterocycles. The number of ether oxygens (including phenoxy) is 1. The van der Waals surface area contributed by atoms with Crippen molar-refractivity contribution >= 4 is 5.95 Å². The van der Waals surface area contributed by atoms with Crippen LogP contribution >= 0.6 is 0 Å². The van der Waals surface area contributed by atoms with Crippen LogP contribution < -0.4 is 10.9 Å². The zero-order chi connectivity index (χ0) is 20.5. The summed E-state index contributed by atoms with van der Waals surface area (Å²) in [5.74, 6) is 3.05. The van der Waals surface area contributed by atoms with Gasteiger partial charge in [-0.3, -0.25) is 4.79 Å². The maximum atomic E-state index is 12.3. The van der Waals surface area contributed by atoms with Gasteiger partial charge in [-0.15, -0.1) is 0 Å². The number of anilines is 1. The molecule has 0 spiro atoms. The molecule has 7 nitrogen and oxygen atoms in total. The van der Waals surface area contributed by atoms with Crippen molar-refractivity contribution in [2.45, 2.75) is 31.7 Å². The van der Waals surface area contributed by atoms with E-state index in [0.29, 0.717) is 17.6 Å². The lowest BCUT2D eigenvalue weighted by atomic mass is 10.00. The summed E-state index contributed by atoms with van der Waals surface area (Å²) in [7, 11) is 1.75. The first-order chi connectivity index (χ1) is 14.7. The summed E-state index contributed by atoms with van der Waals surface area (Å²) in [5.41, 5.74) is 1.36. The maximum Gasteiger partial charge on any atom is 0.258 e. The van der Waals surface area contributed by atoms with Crippen molar-refractivity contribution in [3.63, 3.8) is 0 Å². The SMILES string of the molecule is Cn1cccc(-c2cnc(NC3C[C@@H]4CN(CC5CCOCC5)C[C@@H]4C3)nc2)c1=O. The molecule has 2 aromatic heterocycles. The van der Waals surface area contributed by atoms with E-state index in [4.69, 9.17) is 4.74 Å². The summed E-state index contributed by atoms with van der Waals surface area (Å²) in [4.78, 5) is 23.9. The van der Waals surface area contributed by atoms with Crippen LogP contribution in [0.3, 0.4) is 0 Å². The molecule has 160 valence electrons. The third-order valence-electron chi connectivity index (χ3n) is 7.10. The molecule has 0 radical (unpaired) electrons. The Kier molecular flexibility index (Phi) is 5.56. The molecule has 3 fully saturated rings. The van der Waals surface area contributed by atoms with Crippen LogP contribution in [0.5, 0.6) is 0 Å². The van der Waals surface area contributed by atoms with Crippen LogP contribution in [0, 0.1) is 17.8 Å². The predicted octanol–water partition coefficient (Wildman–Crippen LogP) is 2.39. The molecule has 1 N–H and O–H groups in total. The highest BCUT2D eigenvalue weighted by Crippen LogP contribution is 2.39. The van der Waals surface area contributed by atoms with E-state index in [-0.39, 0.29) is 5.56 Å². The van der Waals surface area contributed by atoms with Crippen LogP contribution in [0.25, 0.3) is 11.1 Å². The fraction of sp³-hybridized carbons (Fsp3) is 0.609. The van der Waals surface area contributed by atoms with Gasteiger partial charge in [0.25, 0.3) is 5.56 Å². The minimum Gasteiger partial charge on any atom is -0.381 e. The standard InChI is InChI=1S/C23H31N5O2/c1-27-6-2-3-21(22(27)29)19-11-24-23(25-12-19)26-20-9-17-14-28(15-18(17)10-20)13-16-4-7-30-8-5-16/h2-3,6,11-12,16-18,20H,4-5,7-10,13-15H2,1H3,(H,24,25,26)/t17-,18+,20?. The van der Waals surface area contributed by atoms with Crippen LogP contribution in [0.4, 0.5) is 5.95 Å². The average Bonchev–Trinajstić information content (AvgIpc) is 3.29. The lowest BCUT2D eigenvalue weighted by molar-refractivity contribution is 0.0545. The largest absolute Gasteiger partial charge is 0.381 e. The Bertz CT molecular complexity index is 908. The molecule has 5 rings (SSSR count). The summed E-state index contributed by atoms with van der Waals surface area (Å²) < 4.78 is 7.07. The first-order valence-corrected chi connectivity index (χ1v) is 11.2. The molecule has 1 aliphatic carbocycles. The maximum absolute atomic E-state index is 12.3. The van der Waals surface area contributed by atoms with Crippen molar-refractivity contribution in [2.24, 2.45) is 24.8 Å².